The van der Waals surface area contributed by atoms with Crippen molar-refractivity contribution in [3.8, 4) is 5.75 Å². The number of ether oxygens (including phenoxy) is 1. The zero-order chi connectivity index (χ0) is 16.7. The molecule has 0 spiro atoms. The minimum atomic E-state index is 0.0240. The minimum absolute atomic E-state index is 0.0240. The second kappa shape index (κ2) is 8.95. The van der Waals surface area contributed by atoms with E-state index in [0.717, 1.165) is 15.2 Å². The Kier molecular flexibility index (Phi) is 6.94. The van der Waals surface area contributed by atoms with Crippen LogP contribution in [0, 0.1) is 0 Å². The number of nitrogens with zero attached hydrogens (tertiary/aromatic N) is 3. The summed E-state index contributed by atoms with van der Waals surface area (Å²) in [5.74, 6) is 1.09. The van der Waals surface area contributed by atoms with Gasteiger partial charge < -0.3 is 15.0 Å². The zero-order valence-electron chi connectivity index (χ0n) is 12.8. The number of carbonyl (C=O) groups excluding carboxylic acids is 1. The molecule has 0 saturated heterocycles. The second-order valence-electron chi connectivity index (χ2n) is 4.53. The predicted molar refractivity (Wildman–Crippen MR) is 94.8 cm³/mol. The summed E-state index contributed by atoms with van der Waals surface area (Å²) in [6, 6.07) is 7.14. The molecule has 0 aliphatic heterocycles. The zero-order valence-corrected chi connectivity index (χ0v) is 15.2. The highest BCUT2D eigenvalue weighted by molar-refractivity contribution is 8.01. The summed E-state index contributed by atoms with van der Waals surface area (Å²) in [4.78, 5) is 13.7. The largest absolute Gasteiger partial charge is 0.492 e. The van der Waals surface area contributed by atoms with Gasteiger partial charge in [-0.15, -0.1) is 10.2 Å². The first-order valence-corrected chi connectivity index (χ1v) is 9.03. The van der Waals surface area contributed by atoms with E-state index in [1.165, 1.54) is 23.1 Å². The van der Waals surface area contributed by atoms with Crippen LogP contribution in [0.4, 0.5) is 5.13 Å². The quantitative estimate of drug-likeness (QED) is 0.719. The molecule has 0 aliphatic rings. The lowest BCUT2D eigenvalue weighted by Gasteiger charge is -2.17. The summed E-state index contributed by atoms with van der Waals surface area (Å²) in [5, 5.41) is 12.2. The van der Waals surface area contributed by atoms with Gasteiger partial charge in [0.2, 0.25) is 11.0 Å². The summed E-state index contributed by atoms with van der Waals surface area (Å²) >= 11 is 8.62. The van der Waals surface area contributed by atoms with Crippen molar-refractivity contribution in [2.45, 2.75) is 4.34 Å². The van der Waals surface area contributed by atoms with E-state index in [4.69, 9.17) is 16.3 Å². The van der Waals surface area contributed by atoms with Crippen molar-refractivity contribution < 1.29 is 9.53 Å². The first-order valence-electron chi connectivity index (χ1n) is 6.85. The standard InChI is InChI=1S/C14H17ClN4O2S2/c1-16-13-17-18-14(23-13)22-9-12(20)19(2)7-8-21-11-5-3-10(15)4-6-11/h3-6H,7-9H2,1-2H3,(H,16,17). The van der Waals surface area contributed by atoms with Crippen LogP contribution in [0.25, 0.3) is 0 Å². The van der Waals surface area contributed by atoms with Gasteiger partial charge in [0.1, 0.15) is 12.4 Å². The molecule has 6 nitrogen and oxygen atoms in total. The highest BCUT2D eigenvalue weighted by Gasteiger charge is 2.11. The SMILES string of the molecule is CNc1nnc(SCC(=O)N(C)CCOc2ccc(Cl)cc2)s1. The predicted octanol–water partition coefficient (Wildman–Crippen LogP) is 2.86. The van der Waals surface area contributed by atoms with Crippen LogP contribution in [0.15, 0.2) is 28.6 Å². The molecular formula is C14H17ClN4O2S2. The number of hydrogen-bond acceptors (Lipinski definition) is 7. The number of carbonyl (C=O) groups is 1. The van der Waals surface area contributed by atoms with Gasteiger partial charge in [-0.05, 0) is 24.3 Å². The smallest absolute Gasteiger partial charge is 0.232 e. The van der Waals surface area contributed by atoms with Gasteiger partial charge in [0.25, 0.3) is 0 Å². The Morgan fingerprint density at radius 2 is 2.13 bits per heavy atom. The van der Waals surface area contributed by atoms with Gasteiger partial charge in [0, 0.05) is 19.1 Å². The maximum atomic E-state index is 12.1. The van der Waals surface area contributed by atoms with Crippen LogP contribution in [0.1, 0.15) is 0 Å². The van der Waals surface area contributed by atoms with Gasteiger partial charge in [-0.1, -0.05) is 34.7 Å². The van der Waals surface area contributed by atoms with E-state index in [1.807, 2.05) is 0 Å². The number of thioether (sulfide) groups is 1. The topological polar surface area (TPSA) is 67.4 Å². The summed E-state index contributed by atoms with van der Waals surface area (Å²) in [5.41, 5.74) is 0. The van der Waals surface area contributed by atoms with Crippen molar-refractivity contribution in [1.82, 2.24) is 15.1 Å². The van der Waals surface area contributed by atoms with E-state index >= 15 is 0 Å². The Morgan fingerprint density at radius 3 is 2.78 bits per heavy atom. The van der Waals surface area contributed by atoms with Gasteiger partial charge >= 0.3 is 0 Å². The molecule has 0 radical (unpaired) electrons. The number of anilines is 1. The fraction of sp³-hybridized carbons (Fsp3) is 0.357. The summed E-state index contributed by atoms with van der Waals surface area (Å²) in [7, 11) is 3.54. The number of nitrogens with one attached hydrogen (secondary N) is 1. The Labute approximate surface area is 148 Å². The average Bonchev–Trinajstić information content (AvgIpc) is 3.02. The number of amides is 1. The van der Waals surface area contributed by atoms with E-state index < -0.39 is 0 Å². The average molecular weight is 373 g/mol. The van der Waals surface area contributed by atoms with Gasteiger partial charge in [0.15, 0.2) is 4.34 Å². The van der Waals surface area contributed by atoms with Crippen molar-refractivity contribution in [3.05, 3.63) is 29.3 Å². The van der Waals surface area contributed by atoms with Crippen molar-refractivity contribution in [1.29, 1.82) is 0 Å². The highest BCUT2D eigenvalue weighted by atomic mass is 35.5. The molecule has 9 heteroatoms. The van der Waals surface area contributed by atoms with Gasteiger partial charge in [-0.3, -0.25) is 4.79 Å². The third-order valence-electron chi connectivity index (χ3n) is 2.87. The van der Waals surface area contributed by atoms with Crippen LogP contribution in [0.2, 0.25) is 5.02 Å². The number of rotatable bonds is 8. The normalized spacial score (nSPS) is 10.4. The van der Waals surface area contributed by atoms with Crippen LogP contribution in [0.3, 0.4) is 0 Å². The molecule has 124 valence electrons. The van der Waals surface area contributed by atoms with E-state index in [-0.39, 0.29) is 5.91 Å². The molecule has 0 fully saturated rings. The van der Waals surface area contributed by atoms with Crippen LogP contribution >= 0.6 is 34.7 Å². The minimum Gasteiger partial charge on any atom is -0.492 e. The molecule has 0 saturated carbocycles. The Balaban J connectivity index is 1.69. The van der Waals surface area contributed by atoms with Gasteiger partial charge in [-0.2, -0.15) is 0 Å². The first kappa shape index (κ1) is 17.8. The van der Waals surface area contributed by atoms with Gasteiger partial charge in [-0.25, -0.2) is 0 Å². The molecule has 1 aromatic heterocycles. The number of likely N-dealkylation sites (N-methyl/N-ethyl adjacent to an activating group) is 1. The van der Waals surface area contributed by atoms with Crippen molar-refractivity contribution in [2.24, 2.45) is 0 Å². The number of hydrogen-bond donors (Lipinski definition) is 1. The molecule has 1 amide bonds. The maximum Gasteiger partial charge on any atom is 0.232 e. The van der Waals surface area contributed by atoms with E-state index in [0.29, 0.717) is 23.9 Å². The monoisotopic (exact) mass is 372 g/mol. The number of halogens is 1. The van der Waals surface area contributed by atoms with Crippen LogP contribution in [-0.4, -0.2) is 54.0 Å². The molecule has 1 heterocycles. The lowest BCUT2D eigenvalue weighted by atomic mass is 10.3. The molecule has 2 rings (SSSR count). The first-order chi connectivity index (χ1) is 11.1. The summed E-state index contributed by atoms with van der Waals surface area (Å²) < 4.78 is 6.35. The lowest BCUT2D eigenvalue weighted by Crippen LogP contribution is -2.32. The highest BCUT2D eigenvalue weighted by Crippen LogP contribution is 2.25. The second-order valence-corrected chi connectivity index (χ2v) is 7.17. The van der Waals surface area contributed by atoms with Crippen LogP contribution in [-0.2, 0) is 4.79 Å². The molecule has 0 unspecified atom stereocenters. The molecule has 0 aliphatic carbocycles. The summed E-state index contributed by atoms with van der Waals surface area (Å²) in [6.07, 6.45) is 0. The fourth-order valence-corrected chi connectivity index (χ4v) is 3.33. The Bertz CT molecular complexity index is 636. The molecule has 23 heavy (non-hydrogen) atoms. The third-order valence-corrected chi connectivity index (χ3v) is 5.19. The molecule has 1 N–H and O–H groups in total. The third kappa shape index (κ3) is 5.89. The van der Waals surface area contributed by atoms with Crippen molar-refractivity contribution in [2.75, 3.05) is 38.3 Å². The maximum absolute atomic E-state index is 12.1. The van der Waals surface area contributed by atoms with Gasteiger partial charge in [0.05, 0.1) is 12.3 Å². The van der Waals surface area contributed by atoms with Crippen LogP contribution < -0.4 is 10.1 Å². The van der Waals surface area contributed by atoms with E-state index in [2.05, 4.69) is 15.5 Å². The number of benzene rings is 1. The van der Waals surface area contributed by atoms with E-state index in [9.17, 15) is 4.79 Å². The Morgan fingerprint density at radius 1 is 1.39 bits per heavy atom. The Hall–Kier alpha value is -1.51. The number of aromatic nitrogens is 2. The van der Waals surface area contributed by atoms with Crippen molar-refractivity contribution in [3.63, 3.8) is 0 Å². The van der Waals surface area contributed by atoms with E-state index in [1.54, 1.807) is 43.3 Å². The fourth-order valence-electron chi connectivity index (χ4n) is 1.56. The summed E-state index contributed by atoms with van der Waals surface area (Å²) in [6.45, 7) is 0.942. The lowest BCUT2D eigenvalue weighted by molar-refractivity contribution is -0.127. The van der Waals surface area contributed by atoms with Crippen LogP contribution in [0.5, 0.6) is 5.75 Å². The molecule has 2 aromatic rings. The molecule has 0 atom stereocenters. The molecule has 1 aromatic carbocycles. The molecular weight excluding hydrogens is 356 g/mol. The molecule has 0 bridgehead atoms. The van der Waals surface area contributed by atoms with Crippen molar-refractivity contribution >= 4 is 45.7 Å².